The van der Waals surface area contributed by atoms with Crippen LogP contribution in [-0.4, -0.2) is 53.2 Å². The Morgan fingerprint density at radius 3 is 2.66 bits per heavy atom. The van der Waals surface area contributed by atoms with E-state index in [1.165, 1.54) is 36.2 Å². The maximum atomic E-state index is 13.0. The van der Waals surface area contributed by atoms with Crippen molar-refractivity contribution in [2.75, 3.05) is 26.2 Å². The van der Waals surface area contributed by atoms with Crippen molar-refractivity contribution in [1.29, 1.82) is 0 Å². The van der Waals surface area contributed by atoms with Gasteiger partial charge in [-0.1, -0.05) is 6.07 Å². The summed E-state index contributed by atoms with van der Waals surface area (Å²) >= 11 is 0. The van der Waals surface area contributed by atoms with E-state index in [2.05, 4.69) is 17.0 Å². The Bertz CT molecular complexity index is 860. The minimum Gasteiger partial charge on any atom is -0.492 e. The van der Waals surface area contributed by atoms with E-state index < -0.39 is 12.0 Å². The fourth-order valence-electron chi connectivity index (χ4n) is 4.01. The van der Waals surface area contributed by atoms with Crippen LogP contribution in [-0.2, 0) is 24.1 Å². The number of carbonyl (C=O) groups is 1. The molecule has 0 aliphatic heterocycles. The second-order valence-electron chi connectivity index (χ2n) is 8.45. The zero-order valence-electron chi connectivity index (χ0n) is 18.6. The summed E-state index contributed by atoms with van der Waals surface area (Å²) < 4.78 is 18.7. The topological polar surface area (TPSA) is 88.7 Å². The minimum atomic E-state index is -0.981. The average Bonchev–Trinajstić information content (AvgIpc) is 2.80. The molecule has 3 N–H and O–H groups in total. The number of aryl methyl sites for hydroxylation is 3. The van der Waals surface area contributed by atoms with E-state index in [-0.39, 0.29) is 5.82 Å². The Balaban J connectivity index is 1.44. The highest BCUT2D eigenvalue weighted by molar-refractivity contribution is 5.72. The molecule has 0 saturated heterocycles. The fraction of sp³-hybridized carbons (Fsp3) is 0.520. The van der Waals surface area contributed by atoms with Crippen molar-refractivity contribution >= 4 is 5.97 Å². The molecule has 0 amide bonds. The Morgan fingerprint density at radius 1 is 1.09 bits per heavy atom. The number of ether oxygens (including phenoxy) is 1. The summed E-state index contributed by atoms with van der Waals surface area (Å²) in [5, 5.41) is 9.06. The van der Waals surface area contributed by atoms with Crippen LogP contribution in [0.1, 0.15) is 49.1 Å². The van der Waals surface area contributed by atoms with Gasteiger partial charge in [0, 0.05) is 24.5 Å². The maximum absolute atomic E-state index is 13.0. The Labute approximate surface area is 189 Å². The summed E-state index contributed by atoms with van der Waals surface area (Å²) in [6, 6.07) is 9.47. The number of nitrogens with two attached hydrogens (primary N) is 1. The van der Waals surface area contributed by atoms with Gasteiger partial charge in [-0.25, -0.2) is 4.39 Å². The number of carboxylic acids is 1. The molecule has 7 heteroatoms. The van der Waals surface area contributed by atoms with Crippen LogP contribution in [0, 0.1) is 5.82 Å². The van der Waals surface area contributed by atoms with Gasteiger partial charge in [0.15, 0.2) is 0 Å². The number of aliphatic carboxylic acids is 1. The van der Waals surface area contributed by atoms with Crippen LogP contribution in [0.2, 0.25) is 0 Å². The van der Waals surface area contributed by atoms with Crippen molar-refractivity contribution in [2.45, 2.75) is 57.4 Å². The molecule has 32 heavy (non-hydrogen) atoms. The van der Waals surface area contributed by atoms with E-state index in [1.807, 2.05) is 0 Å². The predicted octanol–water partition coefficient (Wildman–Crippen LogP) is 3.61. The van der Waals surface area contributed by atoms with Crippen LogP contribution in [0.5, 0.6) is 5.75 Å². The molecular formula is C25H34FN3O3. The third kappa shape index (κ3) is 7.88. The third-order valence-corrected chi connectivity index (χ3v) is 5.96. The third-order valence-electron chi connectivity index (χ3n) is 5.96. The normalized spacial score (nSPS) is 14.2. The van der Waals surface area contributed by atoms with Gasteiger partial charge < -0.3 is 15.6 Å². The molecule has 1 aromatic carbocycles. The van der Waals surface area contributed by atoms with E-state index in [1.54, 1.807) is 12.1 Å². The molecule has 1 atom stereocenters. The zero-order valence-corrected chi connectivity index (χ0v) is 18.6. The van der Waals surface area contributed by atoms with E-state index in [0.29, 0.717) is 31.9 Å². The Kier molecular flexibility index (Phi) is 9.43. The number of unbranched alkanes of at least 4 members (excludes halogenated alkanes) is 1. The smallest absolute Gasteiger partial charge is 0.320 e. The van der Waals surface area contributed by atoms with Crippen LogP contribution in [0.3, 0.4) is 0 Å². The first kappa shape index (κ1) is 24.1. The summed E-state index contributed by atoms with van der Waals surface area (Å²) in [6.07, 6.45) is 8.08. The van der Waals surface area contributed by atoms with E-state index in [4.69, 9.17) is 20.6 Å². The molecule has 0 spiro atoms. The molecular weight excluding hydrogens is 409 g/mol. The largest absolute Gasteiger partial charge is 0.492 e. The number of hydrogen-bond acceptors (Lipinski definition) is 5. The van der Waals surface area contributed by atoms with Crippen molar-refractivity contribution in [3.8, 4) is 5.75 Å². The molecule has 3 rings (SSSR count). The van der Waals surface area contributed by atoms with Gasteiger partial charge in [-0.2, -0.15) is 0 Å². The number of carboxylic acid groups (broad SMARTS) is 1. The Hall–Kier alpha value is -2.51. The highest BCUT2D eigenvalue weighted by Gasteiger charge is 2.14. The number of aromatic nitrogens is 1. The lowest BCUT2D eigenvalue weighted by molar-refractivity contribution is -0.138. The molecule has 1 aromatic heterocycles. The lowest BCUT2D eigenvalue weighted by Crippen LogP contribution is -2.37. The molecule has 6 nitrogen and oxygen atoms in total. The van der Waals surface area contributed by atoms with Crippen LogP contribution in [0.15, 0.2) is 36.4 Å². The standard InChI is InChI=1S/C25H34FN3O3/c26-20-9-12-22(13-10-20)32-18-17-29(16-14-23(27)25(30)31)15-4-3-6-21-11-8-19-5-1-2-7-24(19)28-21/h8-13,23H,1-7,14-18,27H2,(H,30,31)/t23-/m0/s1. The molecule has 0 bridgehead atoms. The highest BCUT2D eigenvalue weighted by atomic mass is 19.1. The molecule has 0 fully saturated rings. The molecule has 0 unspecified atom stereocenters. The van der Waals surface area contributed by atoms with Gasteiger partial charge in [-0.05, 0) is 93.8 Å². The lowest BCUT2D eigenvalue weighted by atomic mass is 9.95. The van der Waals surface area contributed by atoms with Crippen molar-refractivity contribution in [2.24, 2.45) is 5.73 Å². The van der Waals surface area contributed by atoms with Gasteiger partial charge in [0.25, 0.3) is 0 Å². The quantitative estimate of drug-likeness (QED) is 0.460. The second kappa shape index (κ2) is 12.5. The van der Waals surface area contributed by atoms with Gasteiger partial charge in [0.05, 0.1) is 0 Å². The van der Waals surface area contributed by atoms with Gasteiger partial charge in [0.1, 0.15) is 24.2 Å². The summed E-state index contributed by atoms with van der Waals surface area (Å²) in [6.45, 7) is 2.53. The summed E-state index contributed by atoms with van der Waals surface area (Å²) in [7, 11) is 0. The van der Waals surface area contributed by atoms with Crippen LogP contribution in [0.25, 0.3) is 0 Å². The number of pyridine rings is 1. The number of halogens is 1. The van der Waals surface area contributed by atoms with Crippen molar-refractivity contribution in [3.05, 3.63) is 59.2 Å². The second-order valence-corrected chi connectivity index (χ2v) is 8.45. The number of fused-ring (bicyclic) bond motifs is 1. The van der Waals surface area contributed by atoms with Gasteiger partial charge in [0.2, 0.25) is 0 Å². The van der Waals surface area contributed by atoms with Crippen LogP contribution in [0.4, 0.5) is 4.39 Å². The predicted molar refractivity (Wildman–Crippen MR) is 122 cm³/mol. The SMILES string of the molecule is N[C@@H](CCN(CCCCc1ccc2c(n1)CCCC2)CCOc1ccc(F)cc1)C(=O)O. The number of nitrogens with zero attached hydrogens (tertiary/aromatic N) is 2. The first-order chi connectivity index (χ1) is 15.5. The average molecular weight is 444 g/mol. The lowest BCUT2D eigenvalue weighted by Gasteiger charge is -2.23. The van der Waals surface area contributed by atoms with Gasteiger partial charge >= 0.3 is 5.97 Å². The maximum Gasteiger partial charge on any atom is 0.320 e. The number of hydrogen-bond donors (Lipinski definition) is 2. The highest BCUT2D eigenvalue weighted by Crippen LogP contribution is 2.20. The van der Waals surface area contributed by atoms with E-state index in [0.717, 1.165) is 44.3 Å². The molecule has 174 valence electrons. The first-order valence-corrected chi connectivity index (χ1v) is 11.6. The van der Waals surface area contributed by atoms with Gasteiger partial charge in [-0.3, -0.25) is 14.7 Å². The zero-order chi connectivity index (χ0) is 22.8. The summed E-state index contributed by atoms with van der Waals surface area (Å²) in [4.78, 5) is 18.1. The fourth-order valence-corrected chi connectivity index (χ4v) is 4.01. The monoisotopic (exact) mass is 443 g/mol. The summed E-state index contributed by atoms with van der Waals surface area (Å²) in [5.74, 6) is -0.659. The molecule has 1 heterocycles. The van der Waals surface area contributed by atoms with Gasteiger partial charge in [-0.15, -0.1) is 0 Å². The molecule has 0 radical (unpaired) electrons. The van der Waals surface area contributed by atoms with Crippen molar-refractivity contribution in [1.82, 2.24) is 9.88 Å². The van der Waals surface area contributed by atoms with Crippen molar-refractivity contribution < 1.29 is 19.0 Å². The number of benzene rings is 1. The van der Waals surface area contributed by atoms with Crippen molar-refractivity contribution in [3.63, 3.8) is 0 Å². The van der Waals surface area contributed by atoms with E-state index in [9.17, 15) is 9.18 Å². The molecule has 0 saturated carbocycles. The minimum absolute atomic E-state index is 0.296. The molecule has 2 aromatic rings. The van der Waals surface area contributed by atoms with Crippen LogP contribution >= 0.6 is 0 Å². The number of rotatable bonds is 13. The molecule has 1 aliphatic rings. The van der Waals surface area contributed by atoms with Crippen LogP contribution < -0.4 is 10.5 Å². The Morgan fingerprint density at radius 2 is 1.88 bits per heavy atom. The summed E-state index contributed by atoms with van der Waals surface area (Å²) in [5.41, 5.74) is 9.52. The molecule has 1 aliphatic carbocycles. The van der Waals surface area contributed by atoms with E-state index >= 15 is 0 Å². The first-order valence-electron chi connectivity index (χ1n) is 11.6.